The Morgan fingerprint density at radius 2 is 2.15 bits per heavy atom. The molecule has 0 atom stereocenters. The van der Waals surface area contributed by atoms with Gasteiger partial charge in [-0.3, -0.25) is 9.69 Å². The SMILES string of the molecule is CN(CCN1CCNCC1)C(=O)c1c(O)cccc1F. The van der Waals surface area contributed by atoms with E-state index in [1.54, 1.807) is 7.05 Å². The summed E-state index contributed by atoms with van der Waals surface area (Å²) in [6.07, 6.45) is 0. The van der Waals surface area contributed by atoms with Crippen molar-refractivity contribution in [3.63, 3.8) is 0 Å². The number of hydrogen-bond donors (Lipinski definition) is 2. The van der Waals surface area contributed by atoms with Crippen molar-refractivity contribution in [3.05, 3.63) is 29.6 Å². The molecule has 6 heteroatoms. The number of carbonyl (C=O) groups excluding carboxylic acids is 1. The number of phenolic OH excluding ortho intramolecular Hbond substituents is 1. The van der Waals surface area contributed by atoms with Crippen LogP contribution in [0.1, 0.15) is 10.4 Å². The maximum absolute atomic E-state index is 13.6. The molecule has 2 rings (SSSR count). The number of likely N-dealkylation sites (N-methyl/N-ethyl adjacent to an activating group) is 1. The summed E-state index contributed by atoms with van der Waals surface area (Å²) in [4.78, 5) is 15.9. The maximum atomic E-state index is 13.6. The predicted molar refractivity (Wildman–Crippen MR) is 74.3 cm³/mol. The zero-order valence-electron chi connectivity index (χ0n) is 11.6. The van der Waals surface area contributed by atoms with Crippen molar-refractivity contribution >= 4 is 5.91 Å². The minimum absolute atomic E-state index is 0.254. The molecule has 1 heterocycles. The summed E-state index contributed by atoms with van der Waals surface area (Å²) in [5.74, 6) is -1.50. The van der Waals surface area contributed by atoms with Crippen molar-refractivity contribution < 1.29 is 14.3 Å². The van der Waals surface area contributed by atoms with Gasteiger partial charge >= 0.3 is 0 Å². The fraction of sp³-hybridized carbons (Fsp3) is 0.500. The Balaban J connectivity index is 1.94. The molecule has 0 radical (unpaired) electrons. The molecule has 1 amide bonds. The molecule has 110 valence electrons. The number of amides is 1. The van der Waals surface area contributed by atoms with E-state index in [0.29, 0.717) is 6.54 Å². The normalized spacial score (nSPS) is 16.1. The summed E-state index contributed by atoms with van der Waals surface area (Å²) in [5.41, 5.74) is -0.254. The molecule has 5 nitrogen and oxygen atoms in total. The maximum Gasteiger partial charge on any atom is 0.260 e. The first-order valence-corrected chi connectivity index (χ1v) is 6.75. The van der Waals surface area contributed by atoms with Crippen LogP contribution >= 0.6 is 0 Å². The summed E-state index contributed by atoms with van der Waals surface area (Å²) < 4.78 is 13.6. The van der Waals surface area contributed by atoms with E-state index in [0.717, 1.165) is 32.7 Å². The summed E-state index contributed by atoms with van der Waals surface area (Å²) in [6.45, 7) is 5.06. The van der Waals surface area contributed by atoms with Gasteiger partial charge in [0, 0.05) is 46.3 Å². The number of halogens is 1. The average Bonchev–Trinajstić information content (AvgIpc) is 2.45. The number of phenols is 1. The molecule has 0 saturated carbocycles. The van der Waals surface area contributed by atoms with Gasteiger partial charge in [-0.1, -0.05) is 6.07 Å². The first-order valence-electron chi connectivity index (χ1n) is 6.75. The second-order valence-corrected chi connectivity index (χ2v) is 4.95. The van der Waals surface area contributed by atoms with Crippen LogP contribution in [-0.4, -0.2) is 67.1 Å². The summed E-state index contributed by atoms with van der Waals surface area (Å²) in [7, 11) is 1.62. The van der Waals surface area contributed by atoms with E-state index in [2.05, 4.69) is 10.2 Å². The molecule has 0 spiro atoms. The lowest BCUT2D eigenvalue weighted by Gasteiger charge is -2.29. The van der Waals surface area contributed by atoms with Crippen LogP contribution in [0.5, 0.6) is 5.75 Å². The van der Waals surface area contributed by atoms with E-state index >= 15 is 0 Å². The standard InChI is InChI=1S/C14H20FN3O2/c1-17(9-10-18-7-5-16-6-8-18)14(20)13-11(15)3-2-4-12(13)19/h2-4,16,19H,5-10H2,1H3. The molecule has 1 fully saturated rings. The van der Waals surface area contributed by atoms with Gasteiger partial charge in [0.05, 0.1) is 0 Å². The molecular weight excluding hydrogens is 261 g/mol. The van der Waals surface area contributed by atoms with E-state index in [4.69, 9.17) is 0 Å². The highest BCUT2D eigenvalue weighted by atomic mass is 19.1. The Bertz CT molecular complexity index is 455. The molecule has 1 aromatic carbocycles. The first kappa shape index (κ1) is 14.7. The van der Waals surface area contributed by atoms with Crippen LogP contribution in [-0.2, 0) is 0 Å². The smallest absolute Gasteiger partial charge is 0.260 e. The average molecular weight is 281 g/mol. The molecule has 0 unspecified atom stereocenters. The number of nitrogens with zero attached hydrogens (tertiary/aromatic N) is 2. The third-order valence-corrected chi connectivity index (χ3v) is 3.51. The highest BCUT2D eigenvalue weighted by Crippen LogP contribution is 2.21. The number of hydrogen-bond acceptors (Lipinski definition) is 4. The molecule has 0 bridgehead atoms. The fourth-order valence-corrected chi connectivity index (χ4v) is 2.24. The van der Waals surface area contributed by atoms with Gasteiger partial charge in [-0.05, 0) is 12.1 Å². The van der Waals surface area contributed by atoms with Gasteiger partial charge < -0.3 is 15.3 Å². The minimum atomic E-state index is -0.691. The first-order chi connectivity index (χ1) is 9.59. The fourth-order valence-electron chi connectivity index (χ4n) is 2.24. The zero-order chi connectivity index (χ0) is 14.5. The summed E-state index contributed by atoms with van der Waals surface area (Å²) in [6, 6.07) is 3.87. The minimum Gasteiger partial charge on any atom is -0.507 e. The molecule has 20 heavy (non-hydrogen) atoms. The second-order valence-electron chi connectivity index (χ2n) is 4.95. The molecule has 1 saturated heterocycles. The van der Waals surface area contributed by atoms with Crippen LogP contribution in [0.25, 0.3) is 0 Å². The Hall–Kier alpha value is -1.66. The van der Waals surface area contributed by atoms with E-state index in [-0.39, 0.29) is 11.3 Å². The highest BCUT2D eigenvalue weighted by molar-refractivity contribution is 5.96. The van der Waals surface area contributed by atoms with Crippen molar-refractivity contribution in [2.24, 2.45) is 0 Å². The molecule has 0 aliphatic carbocycles. The molecule has 1 aliphatic rings. The van der Waals surface area contributed by atoms with Gasteiger partial charge in [0.1, 0.15) is 17.1 Å². The number of nitrogens with one attached hydrogen (secondary N) is 1. The Morgan fingerprint density at radius 3 is 2.80 bits per heavy atom. The number of benzene rings is 1. The van der Waals surface area contributed by atoms with Gasteiger partial charge in [-0.15, -0.1) is 0 Å². The van der Waals surface area contributed by atoms with Gasteiger partial charge in [0.25, 0.3) is 5.91 Å². The quantitative estimate of drug-likeness (QED) is 0.844. The van der Waals surface area contributed by atoms with Crippen molar-refractivity contribution in [1.82, 2.24) is 15.1 Å². The van der Waals surface area contributed by atoms with Crippen LogP contribution in [0.4, 0.5) is 4.39 Å². The van der Waals surface area contributed by atoms with Crippen LogP contribution in [0, 0.1) is 5.82 Å². The van der Waals surface area contributed by atoms with Crippen molar-refractivity contribution in [2.75, 3.05) is 46.3 Å². The van der Waals surface area contributed by atoms with Crippen molar-refractivity contribution in [3.8, 4) is 5.75 Å². The zero-order valence-corrected chi connectivity index (χ0v) is 11.6. The number of rotatable bonds is 4. The summed E-state index contributed by atoms with van der Waals surface area (Å²) in [5, 5.41) is 12.9. The third-order valence-electron chi connectivity index (χ3n) is 3.51. The lowest BCUT2D eigenvalue weighted by molar-refractivity contribution is 0.0767. The molecule has 1 aliphatic heterocycles. The monoisotopic (exact) mass is 281 g/mol. The molecular formula is C14H20FN3O2. The summed E-state index contributed by atoms with van der Waals surface area (Å²) >= 11 is 0. The lowest BCUT2D eigenvalue weighted by Crippen LogP contribution is -2.46. The van der Waals surface area contributed by atoms with Crippen LogP contribution < -0.4 is 5.32 Å². The van der Waals surface area contributed by atoms with Gasteiger partial charge in [-0.2, -0.15) is 0 Å². The van der Waals surface area contributed by atoms with Crippen LogP contribution in [0.15, 0.2) is 18.2 Å². The van der Waals surface area contributed by atoms with Gasteiger partial charge in [0.15, 0.2) is 0 Å². The second kappa shape index (κ2) is 6.67. The van der Waals surface area contributed by atoms with Gasteiger partial charge in [-0.25, -0.2) is 4.39 Å². The van der Waals surface area contributed by atoms with E-state index in [1.807, 2.05) is 0 Å². The molecule has 0 aromatic heterocycles. The van der Waals surface area contributed by atoms with E-state index in [1.165, 1.54) is 23.1 Å². The lowest BCUT2D eigenvalue weighted by atomic mass is 10.1. The van der Waals surface area contributed by atoms with Crippen molar-refractivity contribution in [1.29, 1.82) is 0 Å². The topological polar surface area (TPSA) is 55.8 Å². The Kier molecular flexibility index (Phi) is 4.92. The van der Waals surface area contributed by atoms with Crippen LogP contribution in [0.2, 0.25) is 0 Å². The van der Waals surface area contributed by atoms with E-state index in [9.17, 15) is 14.3 Å². The molecule has 1 aromatic rings. The Labute approximate surface area is 118 Å². The van der Waals surface area contributed by atoms with E-state index < -0.39 is 11.7 Å². The third kappa shape index (κ3) is 3.46. The number of piperazine rings is 1. The van der Waals surface area contributed by atoms with Crippen LogP contribution in [0.3, 0.4) is 0 Å². The number of carbonyl (C=O) groups is 1. The van der Waals surface area contributed by atoms with Crippen molar-refractivity contribution in [2.45, 2.75) is 0 Å². The van der Waals surface area contributed by atoms with Gasteiger partial charge in [0.2, 0.25) is 0 Å². The number of aromatic hydroxyl groups is 1. The highest BCUT2D eigenvalue weighted by Gasteiger charge is 2.20. The predicted octanol–water partition coefficient (Wildman–Crippen LogP) is 0.508. The largest absolute Gasteiger partial charge is 0.507 e. The molecule has 2 N–H and O–H groups in total. The Morgan fingerprint density at radius 1 is 1.45 bits per heavy atom.